The lowest BCUT2D eigenvalue weighted by Gasteiger charge is -2.36. The SMILES string of the molecule is CC(C)CNC1(C#N)CCNC(C)C1. The Labute approximate surface area is 86.9 Å². The van der Waals surface area contributed by atoms with Gasteiger partial charge in [0, 0.05) is 6.04 Å². The Bertz CT molecular complexity index is 219. The first-order valence-corrected chi connectivity index (χ1v) is 5.48. The van der Waals surface area contributed by atoms with Crippen LogP contribution in [0.3, 0.4) is 0 Å². The van der Waals surface area contributed by atoms with E-state index in [4.69, 9.17) is 0 Å². The zero-order valence-corrected chi connectivity index (χ0v) is 9.43. The molecule has 14 heavy (non-hydrogen) atoms. The lowest BCUT2D eigenvalue weighted by atomic mass is 9.86. The van der Waals surface area contributed by atoms with E-state index in [9.17, 15) is 5.26 Å². The molecule has 0 radical (unpaired) electrons. The van der Waals surface area contributed by atoms with E-state index in [0.717, 1.165) is 25.9 Å². The molecule has 2 atom stereocenters. The fourth-order valence-electron chi connectivity index (χ4n) is 1.93. The second-order valence-electron chi connectivity index (χ2n) is 4.78. The summed E-state index contributed by atoms with van der Waals surface area (Å²) >= 11 is 0. The van der Waals surface area contributed by atoms with Gasteiger partial charge < -0.3 is 5.32 Å². The predicted molar refractivity (Wildman–Crippen MR) is 57.9 cm³/mol. The number of rotatable bonds is 3. The van der Waals surface area contributed by atoms with Crippen LogP contribution in [0.4, 0.5) is 0 Å². The number of hydrogen-bond acceptors (Lipinski definition) is 3. The van der Waals surface area contributed by atoms with Gasteiger partial charge in [-0.15, -0.1) is 0 Å². The normalized spacial score (nSPS) is 32.9. The molecule has 80 valence electrons. The molecule has 0 bridgehead atoms. The van der Waals surface area contributed by atoms with E-state index >= 15 is 0 Å². The van der Waals surface area contributed by atoms with Gasteiger partial charge in [-0.05, 0) is 38.8 Å². The van der Waals surface area contributed by atoms with E-state index < -0.39 is 0 Å². The van der Waals surface area contributed by atoms with Crippen molar-refractivity contribution in [3.05, 3.63) is 0 Å². The van der Waals surface area contributed by atoms with Gasteiger partial charge in [-0.3, -0.25) is 5.32 Å². The molecule has 0 saturated carbocycles. The first-order valence-electron chi connectivity index (χ1n) is 5.48. The molecule has 0 amide bonds. The van der Waals surface area contributed by atoms with Crippen molar-refractivity contribution < 1.29 is 0 Å². The maximum absolute atomic E-state index is 9.23. The Morgan fingerprint density at radius 1 is 1.64 bits per heavy atom. The molecule has 3 heteroatoms. The van der Waals surface area contributed by atoms with Crippen molar-refractivity contribution in [3.63, 3.8) is 0 Å². The molecule has 1 rings (SSSR count). The molecule has 1 saturated heterocycles. The van der Waals surface area contributed by atoms with Crippen LogP contribution < -0.4 is 10.6 Å². The van der Waals surface area contributed by atoms with Crippen LogP contribution >= 0.6 is 0 Å². The molecule has 2 unspecified atom stereocenters. The number of nitrogens with zero attached hydrogens (tertiary/aromatic N) is 1. The van der Waals surface area contributed by atoms with Crippen LogP contribution in [0.2, 0.25) is 0 Å². The number of hydrogen-bond donors (Lipinski definition) is 2. The van der Waals surface area contributed by atoms with Crippen molar-refractivity contribution in [2.45, 2.75) is 45.2 Å². The molecule has 0 spiro atoms. The van der Waals surface area contributed by atoms with Crippen molar-refractivity contribution in [1.29, 1.82) is 5.26 Å². The van der Waals surface area contributed by atoms with Gasteiger partial charge in [0.2, 0.25) is 0 Å². The van der Waals surface area contributed by atoms with Gasteiger partial charge in [-0.1, -0.05) is 13.8 Å². The summed E-state index contributed by atoms with van der Waals surface area (Å²) in [7, 11) is 0. The predicted octanol–water partition coefficient (Wildman–Crippen LogP) is 1.27. The van der Waals surface area contributed by atoms with Crippen LogP contribution in [-0.4, -0.2) is 24.7 Å². The average Bonchev–Trinajstić information content (AvgIpc) is 2.15. The minimum Gasteiger partial charge on any atom is -0.314 e. The Balaban J connectivity index is 2.53. The highest BCUT2D eigenvalue weighted by Gasteiger charge is 2.34. The van der Waals surface area contributed by atoms with Crippen LogP contribution in [0.1, 0.15) is 33.6 Å². The van der Waals surface area contributed by atoms with E-state index in [2.05, 4.69) is 37.5 Å². The van der Waals surface area contributed by atoms with Gasteiger partial charge in [0.1, 0.15) is 5.54 Å². The third-order valence-corrected chi connectivity index (χ3v) is 2.76. The maximum atomic E-state index is 9.23. The molecule has 1 aliphatic rings. The summed E-state index contributed by atoms with van der Waals surface area (Å²) in [6.45, 7) is 8.35. The van der Waals surface area contributed by atoms with Crippen molar-refractivity contribution in [3.8, 4) is 6.07 Å². The number of nitriles is 1. The van der Waals surface area contributed by atoms with E-state index in [0.29, 0.717) is 12.0 Å². The summed E-state index contributed by atoms with van der Waals surface area (Å²) in [5, 5.41) is 16.0. The van der Waals surface area contributed by atoms with Crippen LogP contribution in [0, 0.1) is 17.2 Å². The quantitative estimate of drug-likeness (QED) is 0.713. The summed E-state index contributed by atoms with van der Waals surface area (Å²) in [6.07, 6.45) is 1.83. The van der Waals surface area contributed by atoms with Crippen molar-refractivity contribution in [2.24, 2.45) is 5.92 Å². The fourth-order valence-corrected chi connectivity index (χ4v) is 1.93. The van der Waals surface area contributed by atoms with Crippen LogP contribution in [0.15, 0.2) is 0 Å². The first-order chi connectivity index (χ1) is 6.58. The zero-order chi connectivity index (χ0) is 10.6. The lowest BCUT2D eigenvalue weighted by Crippen LogP contribution is -2.55. The summed E-state index contributed by atoms with van der Waals surface area (Å²) in [5.74, 6) is 0.602. The van der Waals surface area contributed by atoms with Gasteiger partial charge in [-0.25, -0.2) is 0 Å². The highest BCUT2D eigenvalue weighted by Crippen LogP contribution is 2.20. The molecule has 0 aliphatic carbocycles. The van der Waals surface area contributed by atoms with Gasteiger partial charge in [0.25, 0.3) is 0 Å². The topological polar surface area (TPSA) is 47.9 Å². The molecule has 0 aromatic heterocycles. The Morgan fingerprint density at radius 3 is 2.86 bits per heavy atom. The molecule has 1 heterocycles. The summed E-state index contributed by atoms with van der Waals surface area (Å²) in [6, 6.07) is 2.90. The molecule has 1 fully saturated rings. The van der Waals surface area contributed by atoms with E-state index in [1.165, 1.54) is 0 Å². The Hall–Kier alpha value is -0.590. The Morgan fingerprint density at radius 2 is 2.36 bits per heavy atom. The smallest absolute Gasteiger partial charge is 0.109 e. The molecule has 0 aromatic carbocycles. The van der Waals surface area contributed by atoms with Crippen molar-refractivity contribution in [1.82, 2.24) is 10.6 Å². The third kappa shape index (κ3) is 2.97. The van der Waals surface area contributed by atoms with E-state index in [1.807, 2.05) is 0 Å². The Kier molecular flexibility index (Phi) is 3.91. The number of nitrogens with one attached hydrogen (secondary N) is 2. The van der Waals surface area contributed by atoms with Crippen LogP contribution in [-0.2, 0) is 0 Å². The van der Waals surface area contributed by atoms with Crippen molar-refractivity contribution in [2.75, 3.05) is 13.1 Å². The fraction of sp³-hybridized carbons (Fsp3) is 0.909. The molecule has 0 aromatic rings. The van der Waals surface area contributed by atoms with Gasteiger partial charge >= 0.3 is 0 Å². The molecule has 2 N–H and O–H groups in total. The summed E-state index contributed by atoms with van der Waals surface area (Å²) in [5.41, 5.74) is -0.283. The van der Waals surface area contributed by atoms with Gasteiger partial charge in [0.05, 0.1) is 6.07 Å². The summed E-state index contributed by atoms with van der Waals surface area (Å²) in [4.78, 5) is 0. The lowest BCUT2D eigenvalue weighted by molar-refractivity contribution is 0.260. The third-order valence-electron chi connectivity index (χ3n) is 2.76. The van der Waals surface area contributed by atoms with Gasteiger partial charge in [0.15, 0.2) is 0 Å². The minimum absolute atomic E-state index is 0.283. The average molecular weight is 195 g/mol. The minimum atomic E-state index is -0.283. The van der Waals surface area contributed by atoms with E-state index in [-0.39, 0.29) is 5.54 Å². The van der Waals surface area contributed by atoms with Gasteiger partial charge in [-0.2, -0.15) is 5.26 Å². The van der Waals surface area contributed by atoms with E-state index in [1.54, 1.807) is 0 Å². The largest absolute Gasteiger partial charge is 0.314 e. The monoisotopic (exact) mass is 195 g/mol. The number of piperidine rings is 1. The standard InChI is InChI=1S/C11H21N3/c1-9(2)7-14-11(8-12)4-5-13-10(3)6-11/h9-10,13-14H,4-7H2,1-3H3. The summed E-state index contributed by atoms with van der Waals surface area (Å²) < 4.78 is 0. The highest BCUT2D eigenvalue weighted by molar-refractivity contribution is 5.10. The second-order valence-corrected chi connectivity index (χ2v) is 4.78. The molecule has 3 nitrogen and oxygen atoms in total. The van der Waals surface area contributed by atoms with Crippen LogP contribution in [0.25, 0.3) is 0 Å². The van der Waals surface area contributed by atoms with Crippen molar-refractivity contribution >= 4 is 0 Å². The molecular formula is C11H21N3. The van der Waals surface area contributed by atoms with Crippen LogP contribution in [0.5, 0.6) is 0 Å². The first kappa shape index (κ1) is 11.5. The molecular weight excluding hydrogens is 174 g/mol. The maximum Gasteiger partial charge on any atom is 0.109 e. The second kappa shape index (κ2) is 4.77. The molecule has 1 aliphatic heterocycles. The zero-order valence-electron chi connectivity index (χ0n) is 9.43. The highest BCUT2D eigenvalue weighted by atomic mass is 15.0.